The summed E-state index contributed by atoms with van der Waals surface area (Å²) >= 11 is 0. The van der Waals surface area contributed by atoms with E-state index in [1.165, 1.54) is 117 Å². The molecule has 3 heteroatoms. The van der Waals surface area contributed by atoms with Gasteiger partial charge in [-0.05, 0) is 191 Å². The highest BCUT2D eigenvalue weighted by Crippen LogP contribution is 2.53. The lowest BCUT2D eigenvalue weighted by molar-refractivity contribution is 0.332. The molecule has 13 rings (SSSR count). The lowest BCUT2D eigenvalue weighted by Gasteiger charge is -2.49. The molecule has 9 aromatic rings. The molecule has 0 radical (unpaired) electrons. The number of hydrogen-bond donors (Lipinski definition) is 0. The van der Waals surface area contributed by atoms with Gasteiger partial charge in [-0.15, -0.1) is 0 Å². The fraction of sp³-hybridized carbons (Fsp3) is 0.229. The van der Waals surface area contributed by atoms with Gasteiger partial charge in [0.1, 0.15) is 0 Å². The van der Waals surface area contributed by atoms with Crippen LogP contribution in [0.2, 0.25) is 0 Å². The van der Waals surface area contributed by atoms with E-state index in [0.717, 1.165) is 25.7 Å². The zero-order valence-electron chi connectivity index (χ0n) is 43.9. The maximum absolute atomic E-state index is 2.69. The summed E-state index contributed by atoms with van der Waals surface area (Å²) in [6, 6.07) is 76.3. The van der Waals surface area contributed by atoms with Crippen molar-refractivity contribution in [3.05, 3.63) is 222 Å². The van der Waals surface area contributed by atoms with Gasteiger partial charge in [-0.2, -0.15) is 0 Å². The van der Waals surface area contributed by atoms with Gasteiger partial charge >= 0.3 is 0 Å². The summed E-state index contributed by atoms with van der Waals surface area (Å²) in [6.45, 7) is 19.9. The van der Waals surface area contributed by atoms with Gasteiger partial charge in [0.25, 0.3) is 6.71 Å². The Morgan fingerprint density at radius 3 is 0.877 bits per heavy atom. The lowest BCUT2D eigenvalue weighted by Crippen LogP contribution is -2.62. The molecular weight excluding hydrogens is 880 g/mol. The van der Waals surface area contributed by atoms with E-state index < -0.39 is 0 Å². The van der Waals surface area contributed by atoms with Gasteiger partial charge in [-0.25, -0.2) is 0 Å². The number of anilines is 6. The number of benzene rings is 9. The van der Waals surface area contributed by atoms with Crippen LogP contribution in [0.4, 0.5) is 34.1 Å². The van der Waals surface area contributed by atoms with Crippen LogP contribution >= 0.6 is 0 Å². The molecule has 2 aliphatic heterocycles. The van der Waals surface area contributed by atoms with Crippen molar-refractivity contribution in [3.8, 4) is 44.5 Å². The Kier molecular flexibility index (Phi) is 10.3. The van der Waals surface area contributed by atoms with Crippen LogP contribution in [-0.2, 0) is 21.7 Å². The summed E-state index contributed by atoms with van der Waals surface area (Å²) in [5.74, 6) is 0. The zero-order chi connectivity index (χ0) is 50.0. The maximum Gasteiger partial charge on any atom is 0.252 e. The summed E-state index contributed by atoms with van der Waals surface area (Å²) in [5, 5.41) is 0. The van der Waals surface area contributed by atoms with Gasteiger partial charge < -0.3 is 9.80 Å². The molecule has 0 aromatic heterocycles. The molecule has 0 fully saturated rings. The minimum Gasteiger partial charge on any atom is -0.311 e. The second-order valence-corrected chi connectivity index (χ2v) is 24.3. The Hall–Kier alpha value is -7.36. The quantitative estimate of drug-likeness (QED) is 0.153. The summed E-state index contributed by atoms with van der Waals surface area (Å²) in [4.78, 5) is 5.32. The molecule has 0 amide bonds. The molecule has 0 bridgehead atoms. The molecular formula is C70H65BN2. The number of nitrogens with zero attached hydrogens (tertiary/aromatic N) is 2. The number of hydrogen-bond acceptors (Lipinski definition) is 2. The van der Waals surface area contributed by atoms with Crippen LogP contribution < -0.4 is 26.2 Å². The van der Waals surface area contributed by atoms with Crippen molar-refractivity contribution in [2.24, 2.45) is 0 Å². The highest BCUT2D eigenvalue weighted by molar-refractivity contribution is 7.00. The molecule has 2 heterocycles. The third-order valence-corrected chi connectivity index (χ3v) is 17.7. The smallest absolute Gasteiger partial charge is 0.252 e. The fourth-order valence-electron chi connectivity index (χ4n) is 13.3. The van der Waals surface area contributed by atoms with Crippen LogP contribution in [0.15, 0.2) is 200 Å². The highest BCUT2D eigenvalue weighted by Gasteiger charge is 2.48. The molecule has 0 atom stereocenters. The van der Waals surface area contributed by atoms with Crippen LogP contribution in [0.1, 0.15) is 103 Å². The monoisotopic (exact) mass is 945 g/mol. The Labute approximate surface area is 434 Å². The molecule has 4 aliphatic rings. The molecule has 0 unspecified atom stereocenters. The standard InChI is InChI=1S/C70H65BN2/c1-67(2)32-34-69(5,6)58-44-64-60(42-56(58)67)71-61-43-57-59(70(7,8)35-33-68(57,3)4)45-65(61)73(55-40-52(48-26-17-11-18-27-48)37-53(41-55)49-28-19-12-20-29-49)63-31-21-30-62(66(63)71)72(64)54-38-50(46-22-13-9-14-23-46)36-51(39-54)47-24-15-10-16-25-47/h9-31,36-45H,32-35H2,1-8H3. The zero-order valence-corrected chi connectivity index (χ0v) is 43.9. The maximum atomic E-state index is 2.69. The van der Waals surface area contributed by atoms with Crippen LogP contribution in [0, 0.1) is 0 Å². The van der Waals surface area contributed by atoms with Crippen LogP contribution in [0.5, 0.6) is 0 Å². The van der Waals surface area contributed by atoms with Gasteiger partial charge in [0.2, 0.25) is 0 Å². The molecule has 358 valence electrons. The summed E-state index contributed by atoms with van der Waals surface area (Å²) in [5.41, 5.74) is 27.3. The van der Waals surface area contributed by atoms with E-state index in [9.17, 15) is 0 Å². The van der Waals surface area contributed by atoms with E-state index in [1.807, 2.05) is 0 Å². The first-order valence-corrected chi connectivity index (χ1v) is 26.8. The first-order chi connectivity index (χ1) is 35.1. The predicted octanol–water partition coefficient (Wildman–Crippen LogP) is 17.1. The Morgan fingerprint density at radius 1 is 0.288 bits per heavy atom. The highest BCUT2D eigenvalue weighted by atomic mass is 15.2. The van der Waals surface area contributed by atoms with E-state index >= 15 is 0 Å². The average Bonchev–Trinajstić information content (AvgIpc) is 3.41. The SMILES string of the molecule is CC1(C)CCC(C)(C)c2cc3c(cc21)B1c2cc4c(cc2N(c2cc(-c5ccccc5)cc(-c5ccccc5)c2)c2cccc(c21)N3c1cc(-c2ccccc2)cc(-c2ccccc2)c1)C(C)(C)CCC4(C)C. The Balaban J connectivity index is 1.16. The van der Waals surface area contributed by atoms with E-state index in [0.29, 0.717) is 0 Å². The molecule has 0 N–H and O–H groups in total. The van der Waals surface area contributed by atoms with Gasteiger partial charge in [0, 0.05) is 34.1 Å². The summed E-state index contributed by atoms with van der Waals surface area (Å²) < 4.78 is 0. The minimum absolute atomic E-state index is 0.00206. The minimum atomic E-state index is -0.00206. The number of fused-ring (bicyclic) bond motifs is 6. The average molecular weight is 945 g/mol. The third kappa shape index (κ3) is 7.44. The van der Waals surface area contributed by atoms with Crippen molar-refractivity contribution in [2.75, 3.05) is 9.80 Å². The molecule has 0 spiro atoms. The van der Waals surface area contributed by atoms with E-state index in [4.69, 9.17) is 0 Å². The fourth-order valence-corrected chi connectivity index (χ4v) is 13.3. The van der Waals surface area contributed by atoms with Crippen molar-refractivity contribution >= 4 is 57.2 Å². The van der Waals surface area contributed by atoms with Crippen LogP contribution in [0.25, 0.3) is 44.5 Å². The topological polar surface area (TPSA) is 6.48 Å². The van der Waals surface area contributed by atoms with Gasteiger partial charge in [0.05, 0.1) is 0 Å². The van der Waals surface area contributed by atoms with Crippen molar-refractivity contribution in [1.82, 2.24) is 0 Å². The third-order valence-electron chi connectivity index (χ3n) is 17.7. The first kappa shape index (κ1) is 45.5. The van der Waals surface area contributed by atoms with E-state index in [1.54, 1.807) is 0 Å². The van der Waals surface area contributed by atoms with E-state index in [2.05, 4.69) is 265 Å². The normalized spacial score (nSPS) is 17.2. The van der Waals surface area contributed by atoms with Gasteiger partial charge in [-0.3, -0.25) is 0 Å². The largest absolute Gasteiger partial charge is 0.311 e. The number of rotatable bonds is 6. The molecule has 2 aliphatic carbocycles. The molecule has 73 heavy (non-hydrogen) atoms. The molecule has 0 saturated heterocycles. The second kappa shape index (κ2) is 16.6. The molecule has 2 nitrogen and oxygen atoms in total. The van der Waals surface area contributed by atoms with E-state index in [-0.39, 0.29) is 28.4 Å². The van der Waals surface area contributed by atoms with Crippen LogP contribution in [0.3, 0.4) is 0 Å². The second-order valence-electron chi connectivity index (χ2n) is 24.3. The van der Waals surface area contributed by atoms with Crippen molar-refractivity contribution in [2.45, 2.75) is 103 Å². The molecule has 9 aromatic carbocycles. The first-order valence-electron chi connectivity index (χ1n) is 26.8. The van der Waals surface area contributed by atoms with Crippen molar-refractivity contribution in [3.63, 3.8) is 0 Å². The van der Waals surface area contributed by atoms with Crippen LogP contribution in [-0.4, -0.2) is 6.71 Å². The molecule has 0 saturated carbocycles. The van der Waals surface area contributed by atoms with Crippen molar-refractivity contribution in [1.29, 1.82) is 0 Å². The van der Waals surface area contributed by atoms with Gasteiger partial charge in [-0.1, -0.05) is 195 Å². The van der Waals surface area contributed by atoms with Gasteiger partial charge in [0.15, 0.2) is 0 Å². The lowest BCUT2D eigenvalue weighted by atomic mass is 9.32. The summed E-state index contributed by atoms with van der Waals surface area (Å²) in [6.07, 6.45) is 4.62. The Bertz CT molecular complexity index is 3270. The van der Waals surface area contributed by atoms with Crippen molar-refractivity contribution < 1.29 is 0 Å². The summed E-state index contributed by atoms with van der Waals surface area (Å²) in [7, 11) is 0. The Morgan fingerprint density at radius 2 is 0.575 bits per heavy atom. The predicted molar refractivity (Wildman–Crippen MR) is 313 cm³/mol.